The second-order valence-corrected chi connectivity index (χ2v) is 10.8. The Morgan fingerprint density at radius 1 is 0.956 bits per heavy atom. The van der Waals surface area contributed by atoms with Crippen LogP contribution in [0.25, 0.3) is 28.3 Å². The largest absolute Gasteiger partial charge is 1.00 e. The number of rotatable bonds is 7. The summed E-state index contributed by atoms with van der Waals surface area (Å²) in [5.74, 6) is 0.330. The summed E-state index contributed by atoms with van der Waals surface area (Å²) in [6.45, 7) is 2.98. The van der Waals surface area contributed by atoms with Gasteiger partial charge in [-0.25, -0.2) is 4.98 Å². The van der Waals surface area contributed by atoms with Crippen LogP contribution in [0.5, 0.6) is 0 Å². The van der Waals surface area contributed by atoms with Crippen molar-refractivity contribution in [2.45, 2.75) is 38.8 Å². The first-order valence-corrected chi connectivity index (χ1v) is 14.4. The van der Waals surface area contributed by atoms with Crippen LogP contribution < -0.4 is 59.1 Å². The number of H-pyrrole nitrogens is 1. The van der Waals surface area contributed by atoms with Gasteiger partial charge in [-0.05, 0) is 28.3 Å². The number of aliphatic hydroxyl groups is 1. The van der Waals surface area contributed by atoms with E-state index in [1.807, 2.05) is 30.3 Å². The van der Waals surface area contributed by atoms with Crippen LogP contribution >= 0.6 is 0 Å². The van der Waals surface area contributed by atoms with E-state index in [0.29, 0.717) is 30.9 Å². The van der Waals surface area contributed by atoms with E-state index >= 15 is 0 Å². The number of imidazole rings is 1. The zero-order valence-electron chi connectivity index (χ0n) is 25.6. The van der Waals surface area contributed by atoms with Crippen molar-refractivity contribution >= 4 is 17.4 Å². The number of hydrogen-bond acceptors (Lipinski definition) is 7. The number of fused-ring (bicyclic) bond motifs is 3. The maximum Gasteiger partial charge on any atom is 1.00 e. The van der Waals surface area contributed by atoms with Crippen LogP contribution in [0.1, 0.15) is 47.7 Å². The van der Waals surface area contributed by atoms with Crippen molar-refractivity contribution in [2.75, 3.05) is 6.54 Å². The van der Waals surface area contributed by atoms with Gasteiger partial charge in [-0.2, -0.15) is 5.21 Å². The molecule has 5 aromatic rings. The summed E-state index contributed by atoms with van der Waals surface area (Å²) in [6, 6.07) is 24.1. The van der Waals surface area contributed by atoms with Gasteiger partial charge in [0.05, 0.1) is 11.4 Å². The predicted octanol–water partition coefficient (Wildman–Crippen LogP) is -1.28. The molecule has 0 spiro atoms. The van der Waals surface area contributed by atoms with Crippen LogP contribution in [-0.2, 0) is 29.0 Å². The van der Waals surface area contributed by atoms with Gasteiger partial charge >= 0.3 is 59.1 Å². The number of carbonyl (C=O) groups excluding carboxylic acids is 2. The predicted molar refractivity (Wildman–Crippen MR) is 160 cm³/mol. The van der Waals surface area contributed by atoms with Crippen molar-refractivity contribution in [3.8, 4) is 22.5 Å². The first-order valence-electron chi connectivity index (χ1n) is 14.4. The minimum absolute atomic E-state index is 0. The van der Waals surface area contributed by atoms with Crippen LogP contribution in [0.3, 0.4) is 0 Å². The van der Waals surface area contributed by atoms with Crippen molar-refractivity contribution < 1.29 is 73.8 Å². The number of amides is 1. The molecule has 2 aromatic heterocycles. The maximum absolute atomic E-state index is 13.9. The minimum atomic E-state index is -0.809. The van der Waals surface area contributed by atoms with E-state index in [4.69, 9.17) is 4.98 Å². The van der Waals surface area contributed by atoms with Gasteiger partial charge in [-0.3, -0.25) is 9.59 Å². The van der Waals surface area contributed by atoms with Gasteiger partial charge in [0.1, 0.15) is 23.2 Å². The number of aromatic nitrogens is 6. The SMILES string of the molecule is CCCc1nc2c(n1Cc1ccc(-c3ccccc3-c3nn[nH]n3)cc1)C1C(=O)/C(=C(\O)c3ccccc3)C(=O)N1CC2.[Na+].[Na+]. The summed E-state index contributed by atoms with van der Waals surface area (Å²) in [5.41, 5.74) is 5.80. The first-order chi connectivity index (χ1) is 21.0. The summed E-state index contributed by atoms with van der Waals surface area (Å²) in [6.07, 6.45) is 2.19. The molecule has 4 heterocycles. The van der Waals surface area contributed by atoms with Crippen LogP contribution in [0, 0.1) is 0 Å². The molecule has 0 saturated carbocycles. The topological polar surface area (TPSA) is 130 Å². The number of hydrogen-bond donors (Lipinski definition) is 2. The summed E-state index contributed by atoms with van der Waals surface area (Å²) >= 11 is 0. The Hall–Kier alpha value is -3.38. The Morgan fingerprint density at radius 2 is 1.67 bits per heavy atom. The number of aromatic amines is 1. The third-order valence-electron chi connectivity index (χ3n) is 8.17. The van der Waals surface area contributed by atoms with E-state index in [0.717, 1.165) is 52.3 Å². The molecule has 0 aliphatic carbocycles. The molecule has 1 saturated heterocycles. The smallest absolute Gasteiger partial charge is 0.506 e. The number of aliphatic hydroxyl groups excluding tert-OH is 1. The van der Waals surface area contributed by atoms with Crippen molar-refractivity contribution in [1.82, 2.24) is 35.1 Å². The van der Waals surface area contributed by atoms with Crippen molar-refractivity contribution in [2.24, 2.45) is 0 Å². The zero-order valence-corrected chi connectivity index (χ0v) is 29.6. The Morgan fingerprint density at radius 3 is 2.36 bits per heavy atom. The number of aryl methyl sites for hydroxylation is 1. The number of nitrogens with one attached hydrogen (secondary N) is 1. The average molecular weight is 618 g/mol. The quantitative estimate of drug-likeness (QED) is 0.101. The molecule has 1 amide bonds. The number of carbonyl (C=O) groups is 2. The molecule has 45 heavy (non-hydrogen) atoms. The monoisotopic (exact) mass is 617 g/mol. The number of benzene rings is 3. The standard InChI is InChI=1S/C33H29N7O3.2Na/c1-2-8-26-34-25-17-18-39-29(31(42)27(33(39)43)30(41)22-9-4-3-5-10-22)28(25)40(26)19-20-13-15-21(16-14-20)23-11-6-7-12-24(23)32-35-37-38-36-32;;/h3-7,9-16,29,41H,2,8,17-19H2,1H3,(H,35,36,37,38);;/q;2*+1/b30-27+;;. The molecule has 12 heteroatoms. The number of Topliss-reactive ketones (excluding diaryl/α,β-unsaturated/α-hetero) is 1. The van der Waals surface area contributed by atoms with Crippen LogP contribution in [0.2, 0.25) is 0 Å². The van der Waals surface area contributed by atoms with Crippen LogP contribution in [-0.4, -0.2) is 58.4 Å². The van der Waals surface area contributed by atoms with Crippen molar-refractivity contribution in [3.05, 3.63) is 113 Å². The van der Waals surface area contributed by atoms with Gasteiger partial charge in [-0.15, -0.1) is 10.2 Å². The van der Waals surface area contributed by atoms with E-state index in [-0.39, 0.29) is 76.2 Å². The molecule has 0 bridgehead atoms. The Bertz CT molecular complexity index is 1870. The molecule has 3 aromatic carbocycles. The summed E-state index contributed by atoms with van der Waals surface area (Å²) in [7, 11) is 0. The summed E-state index contributed by atoms with van der Waals surface area (Å²) in [4.78, 5) is 33.9. The third-order valence-corrected chi connectivity index (χ3v) is 8.17. The Balaban J connectivity index is 0.00000200. The number of nitrogens with zero attached hydrogens (tertiary/aromatic N) is 6. The number of ketones is 1. The van der Waals surface area contributed by atoms with Gasteiger partial charge in [0.15, 0.2) is 0 Å². The molecule has 214 valence electrons. The normalized spacial score (nSPS) is 16.5. The van der Waals surface area contributed by atoms with Crippen molar-refractivity contribution in [1.29, 1.82) is 0 Å². The molecule has 10 nitrogen and oxygen atoms in total. The molecule has 1 atom stereocenters. The maximum atomic E-state index is 13.9. The summed E-state index contributed by atoms with van der Waals surface area (Å²) in [5, 5.41) is 25.5. The molecular formula is C33H29N7Na2O3+2. The fraction of sp³-hybridized carbons (Fsp3) is 0.212. The van der Waals surface area contributed by atoms with E-state index < -0.39 is 11.9 Å². The molecule has 2 aliphatic heterocycles. The first kappa shape index (κ1) is 33.0. The third kappa shape index (κ3) is 5.98. The number of tetrazole rings is 1. The van der Waals surface area contributed by atoms with E-state index in [2.05, 4.69) is 56.4 Å². The zero-order chi connectivity index (χ0) is 29.5. The van der Waals surface area contributed by atoms with Crippen molar-refractivity contribution in [3.63, 3.8) is 0 Å². The molecule has 1 fully saturated rings. The Kier molecular flexibility index (Phi) is 10.2. The van der Waals surface area contributed by atoms with Gasteiger partial charge in [0.25, 0.3) is 5.91 Å². The van der Waals surface area contributed by atoms with E-state index in [9.17, 15) is 14.7 Å². The van der Waals surface area contributed by atoms with Crippen LogP contribution in [0.4, 0.5) is 0 Å². The van der Waals surface area contributed by atoms with Crippen LogP contribution in [0.15, 0.2) is 84.4 Å². The van der Waals surface area contributed by atoms with Gasteiger partial charge in [-0.1, -0.05) is 85.8 Å². The fourth-order valence-electron chi connectivity index (χ4n) is 6.16. The molecule has 0 radical (unpaired) electrons. The average Bonchev–Trinajstić information content (AvgIpc) is 3.76. The minimum Gasteiger partial charge on any atom is -0.506 e. The summed E-state index contributed by atoms with van der Waals surface area (Å²) < 4.78 is 2.10. The molecule has 2 aliphatic rings. The molecular weight excluding hydrogens is 588 g/mol. The second kappa shape index (κ2) is 13.9. The van der Waals surface area contributed by atoms with E-state index in [1.54, 1.807) is 29.2 Å². The van der Waals surface area contributed by atoms with Gasteiger partial charge in [0, 0.05) is 37.1 Å². The van der Waals surface area contributed by atoms with Gasteiger partial charge in [0.2, 0.25) is 11.6 Å². The van der Waals surface area contributed by atoms with E-state index in [1.165, 1.54) is 0 Å². The fourth-order valence-corrected chi connectivity index (χ4v) is 6.16. The Labute approximate surface area is 304 Å². The molecule has 7 rings (SSSR count). The van der Waals surface area contributed by atoms with Gasteiger partial charge < -0.3 is 14.6 Å². The molecule has 1 unspecified atom stereocenters. The second-order valence-electron chi connectivity index (χ2n) is 10.8. The molecule has 2 N–H and O–H groups in total.